The van der Waals surface area contributed by atoms with Crippen LogP contribution in [0.25, 0.3) is 10.9 Å². The largest absolute Gasteiger partial charge is 0.504 e. The maximum Gasteiger partial charge on any atom is 0.334 e. The highest BCUT2D eigenvalue weighted by Gasteiger charge is 2.70. The normalized spacial score (nSPS) is 30.8. The standard InChI is InChI=1S/C41H42N4O9S/c1-17-10-20-11-21-14-45-26-13-41(29-28(26)36-35(51-16-52-36)18(2)34(29)53-19(3)46)38(31(45)30(43-21)27(20)32(47)33(17)50-5)55-15-40(39(48)54-41)37-23(8-9-42-40)24-12-22(49-4)6-7-25(24)44-37/h6-7,10,12,21,26,30-31,38,42-44,47H,8-9,11,13-16H2,1-5H3/t21?,26?,30?,31?,38?,40-,41?/m1/s1. The van der Waals surface area contributed by atoms with Gasteiger partial charge in [-0.05, 0) is 61.6 Å². The van der Waals surface area contributed by atoms with Gasteiger partial charge in [-0.2, -0.15) is 0 Å². The number of fused-ring (bicyclic) bond motifs is 13. The number of carbonyl (C=O) groups is 2. The zero-order valence-electron chi connectivity index (χ0n) is 31.2. The Bertz CT molecular complexity index is 2400. The van der Waals surface area contributed by atoms with Gasteiger partial charge in [0.25, 0.3) is 0 Å². The molecule has 3 aromatic carbocycles. The van der Waals surface area contributed by atoms with Crippen LogP contribution in [0, 0.1) is 13.8 Å². The number of carbonyl (C=O) groups excluding carboxylic acids is 2. The molecule has 1 aliphatic carbocycles. The highest BCUT2D eigenvalue weighted by molar-refractivity contribution is 8.00. The molecule has 55 heavy (non-hydrogen) atoms. The van der Waals surface area contributed by atoms with Gasteiger partial charge in [0, 0.05) is 83.5 Å². The summed E-state index contributed by atoms with van der Waals surface area (Å²) < 4.78 is 37.1. The lowest BCUT2D eigenvalue weighted by Gasteiger charge is -2.58. The third-order valence-corrected chi connectivity index (χ3v) is 14.9. The lowest BCUT2D eigenvalue weighted by Crippen LogP contribution is -2.68. The first-order valence-electron chi connectivity index (χ1n) is 18.9. The first-order chi connectivity index (χ1) is 26.6. The highest BCUT2D eigenvalue weighted by Crippen LogP contribution is 2.69. The van der Waals surface area contributed by atoms with Crippen LogP contribution in [0.3, 0.4) is 0 Å². The maximum absolute atomic E-state index is 15.4. The molecular weight excluding hydrogens is 725 g/mol. The maximum atomic E-state index is 15.4. The number of aromatic hydroxyl groups is 1. The van der Waals surface area contributed by atoms with Crippen LogP contribution in [0.4, 0.5) is 0 Å². The molecule has 7 heterocycles. The zero-order chi connectivity index (χ0) is 37.7. The van der Waals surface area contributed by atoms with Gasteiger partial charge in [0.05, 0.1) is 31.2 Å². The summed E-state index contributed by atoms with van der Waals surface area (Å²) in [5.74, 6) is 2.34. The molecule has 2 fully saturated rings. The summed E-state index contributed by atoms with van der Waals surface area (Å²) in [6.45, 7) is 6.53. The number of nitrogens with zero attached hydrogens (tertiary/aromatic N) is 1. The number of methoxy groups -OCH3 is 2. The Labute approximate surface area is 321 Å². The van der Waals surface area contributed by atoms with E-state index < -0.39 is 23.1 Å². The second kappa shape index (κ2) is 11.5. The molecule has 13 nitrogen and oxygen atoms in total. The number of rotatable bonds is 3. The predicted molar refractivity (Wildman–Crippen MR) is 201 cm³/mol. The first-order valence-corrected chi connectivity index (χ1v) is 20.0. The first kappa shape index (κ1) is 33.7. The summed E-state index contributed by atoms with van der Waals surface area (Å²) in [6.07, 6.45) is 1.90. The Hall–Kier alpha value is -4.63. The van der Waals surface area contributed by atoms with Gasteiger partial charge >= 0.3 is 11.9 Å². The Morgan fingerprint density at radius 1 is 1.09 bits per heavy atom. The highest BCUT2D eigenvalue weighted by atomic mass is 32.2. The number of piperidine rings is 1. The van der Waals surface area contributed by atoms with Crippen molar-refractivity contribution in [2.24, 2.45) is 0 Å². The average molecular weight is 767 g/mol. The molecule has 7 aliphatic rings. The minimum Gasteiger partial charge on any atom is -0.504 e. The van der Waals surface area contributed by atoms with E-state index in [1.54, 1.807) is 26.0 Å². The molecular formula is C41H42N4O9S. The molecule has 14 heteroatoms. The fraction of sp³-hybridized carbons (Fsp3) is 0.463. The van der Waals surface area contributed by atoms with Gasteiger partial charge in [-0.25, -0.2) is 4.79 Å². The number of phenols is 1. The minimum absolute atomic E-state index is 0.0292. The molecule has 0 saturated carbocycles. The van der Waals surface area contributed by atoms with Gasteiger partial charge < -0.3 is 43.8 Å². The molecule has 6 unspecified atom stereocenters. The number of aromatic amines is 1. The topological polar surface area (TPSA) is 153 Å². The van der Waals surface area contributed by atoms with E-state index >= 15 is 4.79 Å². The Morgan fingerprint density at radius 3 is 2.73 bits per heavy atom. The fourth-order valence-electron chi connectivity index (χ4n) is 11.2. The van der Waals surface area contributed by atoms with Gasteiger partial charge in [0.2, 0.25) is 6.79 Å². The number of H-pyrrole nitrogens is 1. The molecule has 7 atom stereocenters. The van der Waals surface area contributed by atoms with Crippen LogP contribution >= 0.6 is 11.8 Å². The van der Waals surface area contributed by atoms with Crippen LogP contribution in [0.2, 0.25) is 0 Å². The molecule has 4 aromatic rings. The minimum atomic E-state index is -1.24. The van der Waals surface area contributed by atoms with Crippen molar-refractivity contribution in [2.45, 2.75) is 80.6 Å². The van der Waals surface area contributed by atoms with Crippen LogP contribution in [-0.2, 0) is 38.3 Å². The number of hydrogen-bond donors (Lipinski definition) is 4. The number of phenolic OH excluding ortho intramolecular Hbond substituents is 1. The monoisotopic (exact) mass is 766 g/mol. The van der Waals surface area contributed by atoms with E-state index in [0.29, 0.717) is 59.4 Å². The second-order valence-electron chi connectivity index (χ2n) is 16.0. The quantitative estimate of drug-likeness (QED) is 0.172. The van der Waals surface area contributed by atoms with E-state index in [-0.39, 0.29) is 42.0 Å². The Morgan fingerprint density at radius 2 is 1.93 bits per heavy atom. The number of aromatic nitrogens is 1. The van der Waals surface area contributed by atoms with Gasteiger partial charge in [0.1, 0.15) is 11.5 Å². The van der Waals surface area contributed by atoms with Crippen molar-refractivity contribution < 1.29 is 43.1 Å². The van der Waals surface area contributed by atoms with Crippen molar-refractivity contribution in [1.29, 1.82) is 0 Å². The van der Waals surface area contributed by atoms with Crippen molar-refractivity contribution in [3.8, 4) is 34.5 Å². The second-order valence-corrected chi connectivity index (χ2v) is 17.1. The van der Waals surface area contributed by atoms with E-state index in [1.165, 1.54) is 6.92 Å². The summed E-state index contributed by atoms with van der Waals surface area (Å²) >= 11 is 1.70. The fourth-order valence-corrected chi connectivity index (χ4v) is 13.1. The summed E-state index contributed by atoms with van der Waals surface area (Å²) in [6, 6.07) is 7.30. The SMILES string of the molecule is COc1ccc2[nH]c3c(c2c1)CCN[C@]31CSC2C3C4NC(Cc5cc(C)c(OC)c(O)c54)CN3C3CC2(OC1=O)c1c(OC(C)=O)c(C)c2c(c13)OCO2. The number of thioether (sulfide) groups is 1. The molecule has 6 aliphatic heterocycles. The smallest absolute Gasteiger partial charge is 0.334 e. The predicted octanol–water partition coefficient (Wildman–Crippen LogP) is 4.45. The molecule has 0 radical (unpaired) electrons. The number of benzene rings is 3. The third kappa shape index (κ3) is 4.25. The van der Waals surface area contributed by atoms with Crippen molar-refractivity contribution in [3.05, 3.63) is 68.9 Å². The van der Waals surface area contributed by atoms with E-state index in [4.69, 9.17) is 28.4 Å². The number of ether oxygens (including phenoxy) is 6. The zero-order valence-corrected chi connectivity index (χ0v) is 32.0. The molecule has 2 saturated heterocycles. The number of piperazine rings is 1. The van der Waals surface area contributed by atoms with E-state index in [1.807, 2.05) is 32.0 Å². The number of esters is 2. The van der Waals surface area contributed by atoms with Crippen molar-refractivity contribution in [3.63, 3.8) is 0 Å². The molecule has 11 rings (SSSR count). The molecule has 4 N–H and O–H groups in total. The van der Waals surface area contributed by atoms with Gasteiger partial charge in [-0.3, -0.25) is 15.0 Å². The van der Waals surface area contributed by atoms with Crippen LogP contribution in [0.1, 0.15) is 70.1 Å². The molecule has 2 spiro atoms. The summed E-state index contributed by atoms with van der Waals surface area (Å²) in [7, 11) is 3.24. The summed E-state index contributed by atoms with van der Waals surface area (Å²) in [5, 5.41) is 20.2. The van der Waals surface area contributed by atoms with Crippen molar-refractivity contribution >= 4 is 34.6 Å². The lowest BCUT2D eigenvalue weighted by atomic mass is 9.73. The van der Waals surface area contributed by atoms with Gasteiger partial charge in [0.15, 0.2) is 34.1 Å². The van der Waals surface area contributed by atoms with E-state index in [9.17, 15) is 9.90 Å². The summed E-state index contributed by atoms with van der Waals surface area (Å²) in [5.41, 5.74) is 5.25. The van der Waals surface area contributed by atoms with Crippen LogP contribution in [0.5, 0.6) is 34.5 Å². The van der Waals surface area contributed by atoms with E-state index in [0.717, 1.165) is 63.0 Å². The van der Waals surface area contributed by atoms with E-state index in [2.05, 4.69) is 26.6 Å². The van der Waals surface area contributed by atoms with Crippen LogP contribution in [-0.4, -0.2) is 84.1 Å². The molecule has 1 aromatic heterocycles. The van der Waals surface area contributed by atoms with Crippen molar-refractivity contribution in [1.82, 2.24) is 20.5 Å². The number of hydrogen-bond acceptors (Lipinski definition) is 13. The number of aryl methyl sites for hydroxylation is 1. The molecule has 286 valence electrons. The Balaban J connectivity index is 1.16. The summed E-state index contributed by atoms with van der Waals surface area (Å²) in [4.78, 5) is 34.5. The molecule has 0 amide bonds. The van der Waals surface area contributed by atoms with Crippen LogP contribution < -0.4 is 34.3 Å². The average Bonchev–Trinajstić information content (AvgIpc) is 3.85. The Kier molecular flexibility index (Phi) is 7.02. The van der Waals surface area contributed by atoms with Crippen molar-refractivity contribution in [2.75, 3.05) is 39.9 Å². The lowest BCUT2D eigenvalue weighted by molar-refractivity contribution is -0.178. The third-order valence-electron chi connectivity index (χ3n) is 13.3. The van der Waals surface area contributed by atoms with Gasteiger partial charge in [-0.15, -0.1) is 11.8 Å². The number of nitrogens with one attached hydrogen (secondary N) is 3. The van der Waals surface area contributed by atoms with Crippen LogP contribution in [0.15, 0.2) is 24.3 Å². The van der Waals surface area contributed by atoms with Gasteiger partial charge in [-0.1, -0.05) is 6.07 Å². The molecule has 4 bridgehead atoms.